The molecule has 0 radical (unpaired) electrons. The number of aromatic nitrogens is 3. The molecule has 1 atom stereocenters. The normalized spacial score (nSPS) is 13.1. The van der Waals surface area contributed by atoms with Crippen LogP contribution in [0, 0.1) is 0 Å². The fourth-order valence-electron chi connectivity index (χ4n) is 1.32. The van der Waals surface area contributed by atoms with Crippen molar-refractivity contribution in [1.82, 2.24) is 20.3 Å². The van der Waals surface area contributed by atoms with Crippen LogP contribution in [0.5, 0.6) is 0 Å². The summed E-state index contributed by atoms with van der Waals surface area (Å²) in [6, 6.07) is 0.138. The van der Waals surface area contributed by atoms with Gasteiger partial charge >= 0.3 is 0 Å². The molecule has 5 nitrogen and oxygen atoms in total. The highest BCUT2D eigenvalue weighted by molar-refractivity contribution is 5.81. The Balaban J connectivity index is 2.67. The van der Waals surface area contributed by atoms with Gasteiger partial charge in [0.05, 0.1) is 11.7 Å². The van der Waals surface area contributed by atoms with Crippen LogP contribution in [0.25, 0.3) is 0 Å². The van der Waals surface area contributed by atoms with Gasteiger partial charge in [-0.15, -0.1) is 5.10 Å². The maximum Gasteiger partial charge on any atom is 0.147 e. The standard InChI is InChI=1S/C10H18N4O/c1-7(2)14-6-9(12-13-14)5-10(11-4)8(3)15/h6-7,10-11H,5H2,1-4H3. The molecule has 0 fully saturated rings. The number of nitrogens with zero attached hydrogens (tertiary/aromatic N) is 3. The van der Waals surface area contributed by atoms with Crippen molar-refractivity contribution < 1.29 is 4.79 Å². The summed E-state index contributed by atoms with van der Waals surface area (Å²) in [7, 11) is 1.78. The fraction of sp³-hybridized carbons (Fsp3) is 0.700. The second kappa shape index (κ2) is 5.02. The lowest BCUT2D eigenvalue weighted by molar-refractivity contribution is -0.118. The van der Waals surface area contributed by atoms with Crippen LogP contribution in [0.15, 0.2) is 6.20 Å². The minimum atomic E-state index is -0.165. The Bertz CT molecular complexity index is 332. The molecule has 0 aliphatic rings. The van der Waals surface area contributed by atoms with Crippen LogP contribution in [0.1, 0.15) is 32.5 Å². The summed E-state index contributed by atoms with van der Waals surface area (Å²) >= 11 is 0. The topological polar surface area (TPSA) is 59.8 Å². The summed E-state index contributed by atoms with van der Waals surface area (Å²) in [5.41, 5.74) is 0.846. The number of rotatable bonds is 5. The van der Waals surface area contributed by atoms with E-state index in [9.17, 15) is 4.79 Å². The molecule has 1 aromatic rings. The smallest absolute Gasteiger partial charge is 0.147 e. The van der Waals surface area contributed by atoms with Gasteiger partial charge < -0.3 is 5.32 Å². The molecule has 5 heteroatoms. The van der Waals surface area contributed by atoms with Gasteiger partial charge in [-0.2, -0.15) is 0 Å². The van der Waals surface area contributed by atoms with Gasteiger partial charge in [-0.05, 0) is 27.8 Å². The van der Waals surface area contributed by atoms with Crippen LogP contribution >= 0.6 is 0 Å². The molecule has 0 saturated carbocycles. The lowest BCUT2D eigenvalue weighted by atomic mass is 10.1. The van der Waals surface area contributed by atoms with E-state index >= 15 is 0 Å². The van der Waals surface area contributed by atoms with Crippen molar-refractivity contribution >= 4 is 5.78 Å². The maximum atomic E-state index is 11.2. The first kappa shape index (κ1) is 11.8. The third-order valence-corrected chi connectivity index (χ3v) is 2.34. The van der Waals surface area contributed by atoms with Crippen molar-refractivity contribution in [1.29, 1.82) is 0 Å². The van der Waals surface area contributed by atoms with Crippen molar-refractivity contribution in [2.24, 2.45) is 0 Å². The molecule has 1 aromatic heterocycles. The SMILES string of the molecule is CNC(Cc1cn(C(C)C)nn1)C(C)=O. The van der Waals surface area contributed by atoms with Gasteiger partial charge in [-0.1, -0.05) is 5.21 Å². The number of ketones is 1. The van der Waals surface area contributed by atoms with Crippen molar-refractivity contribution in [3.8, 4) is 0 Å². The minimum Gasteiger partial charge on any atom is -0.310 e. The predicted molar refractivity (Wildman–Crippen MR) is 57.6 cm³/mol. The van der Waals surface area contributed by atoms with Crippen molar-refractivity contribution in [2.45, 2.75) is 39.3 Å². The number of nitrogens with one attached hydrogen (secondary N) is 1. The highest BCUT2D eigenvalue weighted by atomic mass is 16.1. The minimum absolute atomic E-state index is 0.122. The molecular formula is C10H18N4O. The van der Waals surface area contributed by atoms with Crippen LogP contribution in [0.3, 0.4) is 0 Å². The molecule has 1 rings (SSSR count). The molecule has 0 spiro atoms. The van der Waals surface area contributed by atoms with E-state index in [1.54, 1.807) is 18.7 Å². The van der Waals surface area contributed by atoms with Crippen molar-refractivity contribution in [3.63, 3.8) is 0 Å². The first-order valence-corrected chi connectivity index (χ1v) is 5.13. The number of carbonyl (C=O) groups is 1. The molecule has 15 heavy (non-hydrogen) atoms. The summed E-state index contributed by atoms with van der Waals surface area (Å²) in [5, 5.41) is 11.0. The fourth-order valence-corrected chi connectivity index (χ4v) is 1.32. The van der Waals surface area contributed by atoms with Crippen LogP contribution in [-0.4, -0.2) is 33.9 Å². The molecule has 1 N–H and O–H groups in total. The summed E-state index contributed by atoms with van der Waals surface area (Å²) in [4.78, 5) is 11.2. The van der Waals surface area contributed by atoms with E-state index in [0.29, 0.717) is 12.5 Å². The predicted octanol–water partition coefficient (Wildman–Crippen LogP) is 0.578. The monoisotopic (exact) mass is 210 g/mol. The van der Waals surface area contributed by atoms with Gasteiger partial charge in [0, 0.05) is 18.7 Å². The third-order valence-electron chi connectivity index (χ3n) is 2.34. The Labute approximate surface area is 89.9 Å². The molecule has 84 valence electrons. The number of Topliss-reactive ketones (excluding diaryl/α,β-unsaturated/α-hetero) is 1. The van der Waals surface area contributed by atoms with Gasteiger partial charge in [0.2, 0.25) is 0 Å². The van der Waals surface area contributed by atoms with E-state index in [4.69, 9.17) is 0 Å². The first-order chi connectivity index (χ1) is 7.04. The number of carbonyl (C=O) groups excluding carboxylic acids is 1. The molecule has 0 aliphatic heterocycles. The average Bonchev–Trinajstić information content (AvgIpc) is 2.61. The van der Waals surface area contributed by atoms with Crippen molar-refractivity contribution in [3.05, 3.63) is 11.9 Å². The second-order valence-corrected chi connectivity index (χ2v) is 3.94. The third kappa shape index (κ3) is 3.13. The number of likely N-dealkylation sites (N-methyl/N-ethyl adjacent to an activating group) is 1. The van der Waals surface area contributed by atoms with E-state index in [1.807, 2.05) is 20.0 Å². The average molecular weight is 210 g/mol. The van der Waals surface area contributed by atoms with Gasteiger partial charge in [0.1, 0.15) is 5.78 Å². The van der Waals surface area contributed by atoms with E-state index in [-0.39, 0.29) is 11.8 Å². The first-order valence-electron chi connectivity index (χ1n) is 5.13. The van der Waals surface area contributed by atoms with E-state index < -0.39 is 0 Å². The number of hydrogen-bond acceptors (Lipinski definition) is 4. The Kier molecular flexibility index (Phi) is 3.96. The Morgan fingerprint density at radius 2 is 2.27 bits per heavy atom. The van der Waals surface area contributed by atoms with E-state index in [2.05, 4.69) is 15.6 Å². The zero-order valence-electron chi connectivity index (χ0n) is 9.69. The summed E-state index contributed by atoms with van der Waals surface area (Å²) in [6.07, 6.45) is 2.48. The molecule has 1 heterocycles. The maximum absolute atomic E-state index is 11.2. The van der Waals surface area contributed by atoms with Gasteiger partial charge in [-0.25, -0.2) is 4.68 Å². The molecule has 0 amide bonds. The zero-order valence-corrected chi connectivity index (χ0v) is 9.69. The van der Waals surface area contributed by atoms with Crippen LogP contribution < -0.4 is 5.32 Å². The summed E-state index contributed by atoms with van der Waals surface area (Å²) < 4.78 is 1.79. The highest BCUT2D eigenvalue weighted by Crippen LogP contribution is 2.05. The van der Waals surface area contributed by atoms with Crippen molar-refractivity contribution in [2.75, 3.05) is 7.05 Å². The Morgan fingerprint density at radius 3 is 2.67 bits per heavy atom. The zero-order chi connectivity index (χ0) is 11.4. The van der Waals surface area contributed by atoms with E-state index in [1.165, 1.54) is 0 Å². The lowest BCUT2D eigenvalue weighted by Gasteiger charge is -2.09. The molecule has 0 aliphatic carbocycles. The Hall–Kier alpha value is -1.23. The summed E-state index contributed by atoms with van der Waals surface area (Å²) in [6.45, 7) is 5.66. The van der Waals surface area contributed by atoms with Crippen LogP contribution in [0.2, 0.25) is 0 Å². The van der Waals surface area contributed by atoms with Gasteiger partial charge in [0.25, 0.3) is 0 Å². The van der Waals surface area contributed by atoms with Crippen LogP contribution in [0.4, 0.5) is 0 Å². The molecular weight excluding hydrogens is 192 g/mol. The van der Waals surface area contributed by atoms with E-state index in [0.717, 1.165) is 5.69 Å². The molecule has 0 bridgehead atoms. The molecule has 0 saturated heterocycles. The van der Waals surface area contributed by atoms with Crippen LogP contribution in [-0.2, 0) is 11.2 Å². The summed E-state index contributed by atoms with van der Waals surface area (Å²) in [5.74, 6) is 0.122. The van der Waals surface area contributed by atoms with Gasteiger partial charge in [0.15, 0.2) is 0 Å². The lowest BCUT2D eigenvalue weighted by Crippen LogP contribution is -2.34. The number of hydrogen-bond donors (Lipinski definition) is 1. The highest BCUT2D eigenvalue weighted by Gasteiger charge is 2.14. The second-order valence-electron chi connectivity index (χ2n) is 3.94. The molecule has 0 aromatic carbocycles. The Morgan fingerprint density at radius 1 is 1.60 bits per heavy atom. The van der Waals surface area contributed by atoms with Gasteiger partial charge in [-0.3, -0.25) is 4.79 Å². The quantitative estimate of drug-likeness (QED) is 0.772. The largest absolute Gasteiger partial charge is 0.310 e. The molecule has 1 unspecified atom stereocenters.